The molecule has 1 rings (SSSR count). The van der Waals surface area contributed by atoms with Crippen LogP contribution in [0.1, 0.15) is 5.56 Å². The molecule has 0 aliphatic carbocycles. The van der Waals surface area contributed by atoms with Crippen LogP contribution in [0.5, 0.6) is 0 Å². The number of hydrogen-bond donors (Lipinski definition) is 2. The molecule has 0 aliphatic heterocycles. The Morgan fingerprint density at radius 3 is 2.53 bits per heavy atom. The molecular weight excluding hydrogens is 192 g/mol. The summed E-state index contributed by atoms with van der Waals surface area (Å²) in [6, 6.07) is 3.44. The van der Waals surface area contributed by atoms with Crippen molar-refractivity contribution < 1.29 is 9.90 Å². The maximum Gasteiger partial charge on any atom is 0.153 e. The Morgan fingerprint density at radius 1 is 1.40 bits per heavy atom. The van der Waals surface area contributed by atoms with Gasteiger partial charge < -0.3 is 10.5 Å². The molecular formula is C11H10N2O2. The predicted octanol–water partition coefficient (Wildman–Crippen LogP) is 1.76. The molecule has 0 fully saturated rings. The number of carbonyl (C=O) groups is 1. The second kappa shape index (κ2) is 5.49. The Morgan fingerprint density at radius 2 is 2.07 bits per heavy atom. The number of allylic oxidation sites excluding steroid dienone is 3. The SMILES string of the molecule is N=CC(=CC(C=O)=CO)c1ccncc1. The molecule has 0 aromatic carbocycles. The topological polar surface area (TPSA) is 74.0 Å². The Balaban J connectivity index is 3.10. The monoisotopic (exact) mass is 202 g/mol. The molecule has 4 heteroatoms. The maximum atomic E-state index is 10.5. The molecule has 0 spiro atoms. The highest BCUT2D eigenvalue weighted by atomic mass is 16.2. The van der Waals surface area contributed by atoms with E-state index in [1.165, 1.54) is 6.08 Å². The zero-order valence-electron chi connectivity index (χ0n) is 7.92. The number of rotatable bonds is 4. The average molecular weight is 202 g/mol. The molecule has 0 aliphatic rings. The first-order valence-electron chi connectivity index (χ1n) is 4.24. The fourth-order valence-electron chi connectivity index (χ4n) is 1.03. The van der Waals surface area contributed by atoms with Crippen LogP contribution in [0.3, 0.4) is 0 Å². The predicted molar refractivity (Wildman–Crippen MR) is 57.8 cm³/mol. The van der Waals surface area contributed by atoms with Crippen molar-refractivity contribution in [3.63, 3.8) is 0 Å². The van der Waals surface area contributed by atoms with Gasteiger partial charge in [-0.15, -0.1) is 0 Å². The summed E-state index contributed by atoms with van der Waals surface area (Å²) in [6.45, 7) is 0. The molecule has 1 aromatic heterocycles. The zero-order chi connectivity index (χ0) is 11.1. The molecule has 0 radical (unpaired) electrons. The van der Waals surface area contributed by atoms with Crippen molar-refractivity contribution >= 4 is 18.1 Å². The van der Waals surface area contributed by atoms with Crippen molar-refractivity contribution in [1.29, 1.82) is 5.41 Å². The number of hydrogen-bond acceptors (Lipinski definition) is 4. The van der Waals surface area contributed by atoms with Crippen molar-refractivity contribution in [1.82, 2.24) is 4.98 Å². The van der Waals surface area contributed by atoms with Gasteiger partial charge in [0.15, 0.2) is 6.29 Å². The van der Waals surface area contributed by atoms with E-state index in [4.69, 9.17) is 10.5 Å². The second-order valence-electron chi connectivity index (χ2n) is 2.73. The van der Waals surface area contributed by atoms with E-state index in [-0.39, 0.29) is 5.57 Å². The van der Waals surface area contributed by atoms with E-state index in [0.717, 1.165) is 11.8 Å². The van der Waals surface area contributed by atoms with Crippen LogP contribution in [0, 0.1) is 5.41 Å². The summed E-state index contributed by atoms with van der Waals surface area (Å²) in [7, 11) is 0. The molecule has 0 amide bonds. The van der Waals surface area contributed by atoms with Crippen LogP contribution in [0.2, 0.25) is 0 Å². The summed E-state index contributed by atoms with van der Waals surface area (Å²) in [5, 5.41) is 15.9. The van der Waals surface area contributed by atoms with E-state index in [0.29, 0.717) is 18.1 Å². The molecule has 1 heterocycles. The van der Waals surface area contributed by atoms with E-state index in [1.807, 2.05) is 0 Å². The molecule has 0 saturated carbocycles. The Bertz CT molecular complexity index is 408. The summed E-state index contributed by atoms with van der Waals surface area (Å²) in [5.41, 5.74) is 1.41. The lowest BCUT2D eigenvalue weighted by Crippen LogP contribution is -1.88. The Labute approximate surface area is 87.1 Å². The van der Waals surface area contributed by atoms with Crippen molar-refractivity contribution in [2.45, 2.75) is 0 Å². The summed E-state index contributed by atoms with van der Waals surface area (Å²) in [4.78, 5) is 14.3. The minimum Gasteiger partial charge on any atom is -0.515 e. The van der Waals surface area contributed by atoms with Crippen LogP contribution < -0.4 is 0 Å². The van der Waals surface area contributed by atoms with E-state index in [9.17, 15) is 4.79 Å². The average Bonchev–Trinajstić information content (AvgIpc) is 2.32. The van der Waals surface area contributed by atoms with Gasteiger partial charge in [0.05, 0.1) is 6.26 Å². The fourth-order valence-corrected chi connectivity index (χ4v) is 1.03. The van der Waals surface area contributed by atoms with Gasteiger partial charge >= 0.3 is 0 Å². The smallest absolute Gasteiger partial charge is 0.153 e. The number of aliphatic hydroxyl groups is 1. The van der Waals surface area contributed by atoms with Crippen LogP contribution in [0.4, 0.5) is 0 Å². The molecule has 15 heavy (non-hydrogen) atoms. The third-order valence-corrected chi connectivity index (χ3v) is 1.78. The molecule has 76 valence electrons. The van der Waals surface area contributed by atoms with Gasteiger partial charge in [-0.2, -0.15) is 0 Å². The standard InChI is InChI=1S/C11H10N2O2/c12-6-11(5-9(7-14)8-15)10-1-3-13-4-2-10/h1-8,12,14H. The van der Waals surface area contributed by atoms with E-state index < -0.39 is 0 Å². The molecule has 0 unspecified atom stereocenters. The first kappa shape index (κ1) is 10.8. The zero-order valence-corrected chi connectivity index (χ0v) is 7.92. The van der Waals surface area contributed by atoms with Crippen LogP contribution in [-0.4, -0.2) is 22.6 Å². The summed E-state index contributed by atoms with van der Waals surface area (Å²) >= 11 is 0. The number of pyridine rings is 1. The minimum atomic E-state index is 0.116. The van der Waals surface area contributed by atoms with Gasteiger partial charge in [0.2, 0.25) is 0 Å². The third kappa shape index (κ3) is 2.87. The highest BCUT2D eigenvalue weighted by Gasteiger charge is 1.99. The van der Waals surface area contributed by atoms with Crippen LogP contribution in [0.25, 0.3) is 5.57 Å². The van der Waals surface area contributed by atoms with E-state index in [2.05, 4.69) is 4.98 Å². The number of aliphatic hydroxyl groups excluding tert-OH is 1. The molecule has 0 bridgehead atoms. The summed E-state index contributed by atoms with van der Waals surface area (Å²) in [5.74, 6) is 0. The number of nitrogens with zero attached hydrogens (tertiary/aromatic N) is 1. The lowest BCUT2D eigenvalue weighted by Gasteiger charge is -1.99. The van der Waals surface area contributed by atoms with Crippen molar-refractivity contribution in [2.75, 3.05) is 0 Å². The largest absolute Gasteiger partial charge is 0.515 e. The number of aldehydes is 1. The highest BCUT2D eigenvalue weighted by molar-refractivity contribution is 6.10. The second-order valence-corrected chi connectivity index (χ2v) is 2.73. The Hall–Kier alpha value is -2.23. The first-order valence-corrected chi connectivity index (χ1v) is 4.24. The summed E-state index contributed by atoms with van der Waals surface area (Å²) < 4.78 is 0. The van der Waals surface area contributed by atoms with Gasteiger partial charge in [-0.05, 0) is 23.8 Å². The first-order chi connectivity index (χ1) is 7.31. The number of aromatic nitrogens is 1. The fraction of sp³-hybridized carbons (Fsp3) is 0. The molecule has 1 aromatic rings. The van der Waals surface area contributed by atoms with Gasteiger partial charge in [-0.3, -0.25) is 9.78 Å². The van der Waals surface area contributed by atoms with Crippen molar-refractivity contribution in [2.24, 2.45) is 0 Å². The van der Waals surface area contributed by atoms with Crippen molar-refractivity contribution in [3.8, 4) is 0 Å². The Kier molecular flexibility index (Phi) is 3.97. The van der Waals surface area contributed by atoms with Crippen molar-refractivity contribution in [3.05, 3.63) is 48.0 Å². The normalized spacial score (nSPS) is 12.3. The van der Waals surface area contributed by atoms with Gasteiger partial charge in [0.1, 0.15) is 0 Å². The van der Waals surface area contributed by atoms with Crippen LogP contribution >= 0.6 is 0 Å². The minimum absolute atomic E-state index is 0.116. The maximum absolute atomic E-state index is 10.5. The number of carbonyl (C=O) groups excluding carboxylic acids is 1. The lowest BCUT2D eigenvalue weighted by molar-refractivity contribution is -0.104. The summed E-state index contributed by atoms with van der Waals surface area (Å²) in [6.07, 6.45) is 6.95. The van der Waals surface area contributed by atoms with E-state index in [1.54, 1.807) is 24.5 Å². The van der Waals surface area contributed by atoms with Gasteiger partial charge in [-0.25, -0.2) is 0 Å². The van der Waals surface area contributed by atoms with Crippen LogP contribution in [-0.2, 0) is 4.79 Å². The molecule has 0 atom stereocenters. The molecule has 0 saturated heterocycles. The quantitative estimate of drug-likeness (QED) is 0.257. The van der Waals surface area contributed by atoms with E-state index >= 15 is 0 Å². The van der Waals surface area contributed by atoms with Crippen LogP contribution in [0.15, 0.2) is 42.4 Å². The van der Waals surface area contributed by atoms with Gasteiger partial charge in [0.25, 0.3) is 0 Å². The third-order valence-electron chi connectivity index (χ3n) is 1.78. The number of nitrogens with one attached hydrogen (secondary N) is 1. The van der Waals surface area contributed by atoms with Gasteiger partial charge in [-0.1, -0.05) is 0 Å². The molecule has 4 nitrogen and oxygen atoms in total. The highest BCUT2D eigenvalue weighted by Crippen LogP contribution is 2.12. The lowest BCUT2D eigenvalue weighted by atomic mass is 10.1. The molecule has 2 N–H and O–H groups in total. The van der Waals surface area contributed by atoms with Gasteiger partial charge in [0, 0.05) is 29.8 Å².